The van der Waals surface area contributed by atoms with Crippen LogP contribution < -0.4 is 10.1 Å². The lowest BCUT2D eigenvalue weighted by molar-refractivity contribution is -0.137. The highest BCUT2D eigenvalue weighted by molar-refractivity contribution is 8.22. The Hall–Kier alpha value is -2.39. The number of carbonyl (C=O) groups is 2. The predicted octanol–water partition coefficient (Wildman–Crippen LogP) is 5.67. The number of anilines is 1. The topological polar surface area (TPSA) is 55.4 Å². The van der Waals surface area contributed by atoms with Crippen molar-refractivity contribution in [2.75, 3.05) is 18.2 Å². The van der Waals surface area contributed by atoms with E-state index < -0.39 is 17.6 Å². The van der Waals surface area contributed by atoms with Gasteiger partial charge in [-0.25, -0.2) is 0 Å². The minimum Gasteiger partial charge on any atom is -0.497 e. The molecule has 0 aromatic heterocycles. The first-order chi connectivity index (χ1) is 14.2. The number of nitrogens with one attached hydrogen (secondary N) is 1. The second kappa shape index (κ2) is 9.61. The quantitative estimate of drug-likeness (QED) is 0.610. The van der Waals surface area contributed by atoms with E-state index >= 15 is 0 Å². The first-order valence-electron chi connectivity index (χ1n) is 8.89. The number of amides is 1. The maximum Gasteiger partial charge on any atom is 0.416 e. The Morgan fingerprint density at radius 2 is 1.97 bits per heavy atom. The molecule has 0 aliphatic carbocycles. The molecular weight excluding hydrogens is 435 g/mol. The van der Waals surface area contributed by atoms with Crippen LogP contribution in [0.1, 0.15) is 22.8 Å². The fourth-order valence-corrected chi connectivity index (χ4v) is 5.15. The van der Waals surface area contributed by atoms with Gasteiger partial charge in [0.2, 0.25) is 5.91 Å². The summed E-state index contributed by atoms with van der Waals surface area (Å²) in [4.78, 5) is 24.3. The van der Waals surface area contributed by atoms with Gasteiger partial charge in [-0.05, 0) is 35.9 Å². The normalized spacial score (nSPS) is 16.7. The van der Waals surface area contributed by atoms with Gasteiger partial charge in [0, 0.05) is 27.7 Å². The van der Waals surface area contributed by atoms with Crippen molar-refractivity contribution in [1.29, 1.82) is 0 Å². The van der Waals surface area contributed by atoms with E-state index in [0.717, 1.165) is 23.4 Å². The minimum atomic E-state index is -4.48. The third-order valence-corrected chi connectivity index (χ3v) is 6.76. The number of ether oxygens (including phenoxy) is 1. The number of alkyl halides is 3. The van der Waals surface area contributed by atoms with Gasteiger partial charge in [0.25, 0.3) is 0 Å². The Kier molecular flexibility index (Phi) is 7.14. The van der Waals surface area contributed by atoms with Crippen LogP contribution in [0.3, 0.4) is 0 Å². The molecule has 1 heterocycles. The van der Waals surface area contributed by atoms with E-state index in [1.807, 2.05) is 24.3 Å². The van der Waals surface area contributed by atoms with Crippen LogP contribution >= 0.6 is 23.5 Å². The highest BCUT2D eigenvalue weighted by atomic mass is 32.2. The van der Waals surface area contributed by atoms with Crippen LogP contribution in [0.4, 0.5) is 18.9 Å². The number of ketones is 1. The fourth-order valence-electron chi connectivity index (χ4n) is 2.78. The Balaban J connectivity index is 1.58. The molecule has 9 heteroatoms. The average molecular weight is 454 g/mol. The molecule has 30 heavy (non-hydrogen) atoms. The summed E-state index contributed by atoms with van der Waals surface area (Å²) < 4.78 is 44.2. The molecule has 1 unspecified atom stereocenters. The number of allylic oxidation sites excluding steroid dienone is 1. The molecule has 1 aliphatic rings. The fraction of sp³-hybridized carbons (Fsp3) is 0.238. The van der Waals surface area contributed by atoms with Gasteiger partial charge in [0.05, 0.1) is 18.4 Å². The largest absolute Gasteiger partial charge is 0.497 e. The molecule has 0 saturated heterocycles. The zero-order chi connectivity index (χ0) is 21.7. The van der Waals surface area contributed by atoms with Crippen molar-refractivity contribution < 1.29 is 27.5 Å². The molecule has 0 spiro atoms. The van der Waals surface area contributed by atoms with Gasteiger partial charge in [-0.15, -0.1) is 23.5 Å². The highest BCUT2D eigenvalue weighted by Crippen LogP contribution is 2.45. The van der Waals surface area contributed by atoms with Crippen molar-refractivity contribution in [3.8, 4) is 5.75 Å². The molecule has 4 nitrogen and oxygen atoms in total. The summed E-state index contributed by atoms with van der Waals surface area (Å²) in [7, 11) is 1.58. The Bertz CT molecular complexity index is 959. The predicted molar refractivity (Wildman–Crippen MR) is 114 cm³/mol. The SMILES string of the molecule is COc1ccc(C2CC(=O)C=C(SCC(=O)Nc3cccc(C(F)(F)F)c3)S2)cc1. The monoisotopic (exact) mass is 453 g/mol. The molecule has 2 aromatic rings. The second-order valence-electron chi connectivity index (χ2n) is 6.43. The van der Waals surface area contributed by atoms with Crippen molar-refractivity contribution in [2.45, 2.75) is 17.8 Å². The van der Waals surface area contributed by atoms with Gasteiger partial charge in [-0.3, -0.25) is 9.59 Å². The molecule has 0 radical (unpaired) electrons. The summed E-state index contributed by atoms with van der Waals surface area (Å²) in [5.41, 5.74) is 0.230. The van der Waals surface area contributed by atoms with E-state index in [4.69, 9.17) is 4.74 Å². The smallest absolute Gasteiger partial charge is 0.416 e. The van der Waals surface area contributed by atoms with Crippen LogP contribution in [0.5, 0.6) is 5.75 Å². The zero-order valence-electron chi connectivity index (χ0n) is 15.9. The van der Waals surface area contributed by atoms with Gasteiger partial charge in [-0.1, -0.05) is 18.2 Å². The number of hydrogen-bond acceptors (Lipinski definition) is 5. The first-order valence-corrected chi connectivity index (χ1v) is 10.8. The van der Waals surface area contributed by atoms with E-state index in [1.54, 1.807) is 7.11 Å². The summed E-state index contributed by atoms with van der Waals surface area (Å²) in [6.07, 6.45) is -2.61. The molecule has 1 N–H and O–H groups in total. The number of halogens is 3. The van der Waals surface area contributed by atoms with Crippen molar-refractivity contribution in [3.63, 3.8) is 0 Å². The summed E-state index contributed by atoms with van der Waals surface area (Å²) in [5, 5.41) is 2.40. The Morgan fingerprint density at radius 1 is 1.23 bits per heavy atom. The summed E-state index contributed by atoms with van der Waals surface area (Å²) >= 11 is 2.68. The Morgan fingerprint density at radius 3 is 2.63 bits per heavy atom. The van der Waals surface area contributed by atoms with Gasteiger partial charge in [0.1, 0.15) is 5.75 Å². The molecule has 3 rings (SSSR count). The summed E-state index contributed by atoms with van der Waals surface area (Å²) in [6.45, 7) is 0. The van der Waals surface area contributed by atoms with Crippen LogP contribution in [0.15, 0.2) is 58.8 Å². The van der Waals surface area contributed by atoms with E-state index in [9.17, 15) is 22.8 Å². The van der Waals surface area contributed by atoms with E-state index in [1.165, 1.54) is 41.7 Å². The van der Waals surface area contributed by atoms with Gasteiger partial charge >= 0.3 is 6.18 Å². The third-order valence-electron chi connectivity index (χ3n) is 4.23. The average Bonchev–Trinajstić information content (AvgIpc) is 2.71. The molecule has 1 aliphatic heterocycles. The van der Waals surface area contributed by atoms with Gasteiger partial charge < -0.3 is 10.1 Å². The first kappa shape index (κ1) is 22.3. The van der Waals surface area contributed by atoms with E-state index in [2.05, 4.69) is 5.32 Å². The Labute approximate surface area is 180 Å². The van der Waals surface area contributed by atoms with Crippen molar-refractivity contribution in [3.05, 3.63) is 70.0 Å². The third kappa shape index (κ3) is 6.06. The lowest BCUT2D eigenvalue weighted by Crippen LogP contribution is -2.15. The molecule has 1 atom stereocenters. The lowest BCUT2D eigenvalue weighted by atomic mass is 10.1. The standard InChI is InChI=1S/C21H18F3NO3S2/c1-28-17-7-5-13(6-8-17)18-10-16(26)11-20(30-18)29-12-19(27)25-15-4-2-3-14(9-15)21(22,23)24/h2-9,11,18H,10,12H2,1H3,(H,25,27). The van der Waals surface area contributed by atoms with Crippen LogP contribution in [0.2, 0.25) is 0 Å². The maximum absolute atomic E-state index is 12.8. The number of hydrogen-bond donors (Lipinski definition) is 1. The van der Waals surface area contributed by atoms with Crippen molar-refractivity contribution in [2.24, 2.45) is 0 Å². The maximum atomic E-state index is 12.8. The molecule has 0 fully saturated rings. The second-order valence-corrected chi connectivity index (χ2v) is 8.95. The molecule has 1 amide bonds. The molecule has 158 valence electrons. The van der Waals surface area contributed by atoms with E-state index in [-0.39, 0.29) is 22.5 Å². The number of benzene rings is 2. The van der Waals surface area contributed by atoms with Crippen molar-refractivity contribution >= 4 is 40.9 Å². The molecule has 0 saturated carbocycles. The van der Waals surface area contributed by atoms with Crippen LogP contribution in [-0.2, 0) is 15.8 Å². The van der Waals surface area contributed by atoms with Crippen molar-refractivity contribution in [1.82, 2.24) is 0 Å². The summed E-state index contributed by atoms with van der Waals surface area (Å²) in [5.74, 6) is 0.231. The van der Waals surface area contributed by atoms with E-state index in [0.29, 0.717) is 10.7 Å². The highest BCUT2D eigenvalue weighted by Gasteiger charge is 2.30. The number of carbonyl (C=O) groups excluding carboxylic acids is 2. The number of thioether (sulfide) groups is 2. The number of methoxy groups -OCH3 is 1. The lowest BCUT2D eigenvalue weighted by Gasteiger charge is -2.21. The number of rotatable bonds is 6. The summed E-state index contributed by atoms with van der Waals surface area (Å²) in [6, 6.07) is 11.9. The van der Waals surface area contributed by atoms with Gasteiger partial charge in [0.15, 0.2) is 5.78 Å². The minimum absolute atomic E-state index is 0.0162. The molecule has 2 aromatic carbocycles. The van der Waals surface area contributed by atoms with Gasteiger partial charge in [-0.2, -0.15) is 13.2 Å². The molecular formula is C21H18F3NO3S2. The molecule has 0 bridgehead atoms. The van der Waals surface area contributed by atoms with Crippen LogP contribution in [0, 0.1) is 0 Å². The van der Waals surface area contributed by atoms with Crippen LogP contribution in [-0.4, -0.2) is 24.6 Å². The zero-order valence-corrected chi connectivity index (χ0v) is 17.5. The van der Waals surface area contributed by atoms with Crippen LogP contribution in [0.25, 0.3) is 0 Å².